The van der Waals surface area contributed by atoms with Crippen molar-refractivity contribution in [3.05, 3.63) is 109 Å². The third-order valence-electron chi connectivity index (χ3n) is 10.2. The molecule has 0 aliphatic rings. The second kappa shape index (κ2) is 49.6. The standard InChI is InChI=1S/C56H91O11P/c1-4-7-10-13-16-19-22-24-25-26-27-29-32-35-38-41-44-47-56(60)67-53(49-63-54(58)45-42-39-36-33-31-28-23-20-17-14-11-8-5-2)51-65-68(61,62)64-50-52(48-57)66-55(59)46-43-40-37-34-30-21-18-15-12-9-6-3/h7-8,10-11,15-20,24-25,27-29,31,35,38,52-53,57H,4-6,9,12-14,21-23,26,30,32-34,36-37,39-51H2,1-3H3,(H,61,62)/b10-7-,11-8-,18-15-,19-16-,20-17-,25-24-,29-27-,31-28-,38-35-. The fourth-order valence-electron chi connectivity index (χ4n) is 6.27. The van der Waals surface area contributed by atoms with E-state index in [1.54, 1.807) is 0 Å². The van der Waals surface area contributed by atoms with Crippen LogP contribution in [-0.2, 0) is 42.2 Å². The first-order valence-corrected chi connectivity index (χ1v) is 27.3. The van der Waals surface area contributed by atoms with Crippen LogP contribution in [0.25, 0.3) is 0 Å². The minimum Gasteiger partial charge on any atom is -0.462 e. The number of phosphoric ester groups is 1. The van der Waals surface area contributed by atoms with Crippen molar-refractivity contribution in [2.24, 2.45) is 0 Å². The van der Waals surface area contributed by atoms with Crippen LogP contribution < -0.4 is 0 Å². The van der Waals surface area contributed by atoms with E-state index in [0.717, 1.165) is 109 Å². The summed E-state index contributed by atoms with van der Waals surface area (Å²) in [5.74, 6) is -1.60. The predicted molar refractivity (Wildman–Crippen MR) is 279 cm³/mol. The van der Waals surface area contributed by atoms with Gasteiger partial charge in [0.1, 0.15) is 12.7 Å². The predicted octanol–water partition coefficient (Wildman–Crippen LogP) is 14.7. The van der Waals surface area contributed by atoms with Crippen molar-refractivity contribution in [3.63, 3.8) is 0 Å². The fraction of sp³-hybridized carbons (Fsp3) is 0.625. The van der Waals surface area contributed by atoms with Crippen molar-refractivity contribution in [1.82, 2.24) is 0 Å². The molecule has 3 unspecified atom stereocenters. The molecule has 0 saturated carbocycles. The van der Waals surface area contributed by atoms with Crippen LogP contribution in [0.5, 0.6) is 0 Å². The van der Waals surface area contributed by atoms with Crippen molar-refractivity contribution in [1.29, 1.82) is 0 Å². The molecular formula is C56H91O11P. The minimum atomic E-state index is -4.77. The van der Waals surface area contributed by atoms with Crippen LogP contribution >= 0.6 is 7.82 Å². The number of carbonyl (C=O) groups is 3. The number of carbonyl (C=O) groups excluding carboxylic acids is 3. The highest BCUT2D eigenvalue weighted by Crippen LogP contribution is 2.43. The second-order valence-electron chi connectivity index (χ2n) is 16.6. The lowest BCUT2D eigenvalue weighted by Gasteiger charge is -2.21. The van der Waals surface area contributed by atoms with Gasteiger partial charge in [0, 0.05) is 19.3 Å². The van der Waals surface area contributed by atoms with Gasteiger partial charge in [0.15, 0.2) is 6.10 Å². The van der Waals surface area contributed by atoms with Gasteiger partial charge in [-0.3, -0.25) is 23.4 Å². The zero-order valence-corrected chi connectivity index (χ0v) is 43.2. The molecule has 0 spiro atoms. The highest BCUT2D eigenvalue weighted by Gasteiger charge is 2.28. The summed E-state index contributed by atoms with van der Waals surface area (Å²) in [6, 6.07) is 0. The molecule has 2 N–H and O–H groups in total. The van der Waals surface area contributed by atoms with Gasteiger partial charge in [-0.1, -0.05) is 169 Å². The maximum atomic E-state index is 12.8. The molecule has 0 aromatic heterocycles. The first kappa shape index (κ1) is 64.1. The van der Waals surface area contributed by atoms with Gasteiger partial charge < -0.3 is 24.2 Å². The molecule has 386 valence electrons. The molecule has 0 aromatic rings. The number of rotatable bonds is 46. The van der Waals surface area contributed by atoms with Crippen molar-refractivity contribution in [2.45, 2.75) is 200 Å². The van der Waals surface area contributed by atoms with Gasteiger partial charge in [0.25, 0.3) is 0 Å². The fourth-order valence-corrected chi connectivity index (χ4v) is 7.05. The number of aliphatic hydroxyl groups excluding tert-OH is 1. The normalized spacial score (nSPS) is 14.4. The third-order valence-corrected chi connectivity index (χ3v) is 11.1. The Morgan fingerprint density at radius 1 is 0.426 bits per heavy atom. The van der Waals surface area contributed by atoms with E-state index in [0.29, 0.717) is 25.7 Å². The third kappa shape index (κ3) is 47.2. The summed E-state index contributed by atoms with van der Waals surface area (Å²) in [7, 11) is -4.77. The van der Waals surface area contributed by atoms with Gasteiger partial charge in [-0.25, -0.2) is 4.57 Å². The zero-order chi connectivity index (χ0) is 49.9. The zero-order valence-electron chi connectivity index (χ0n) is 42.3. The molecule has 0 bridgehead atoms. The summed E-state index contributed by atoms with van der Waals surface area (Å²) in [5.41, 5.74) is 0. The molecular weight excluding hydrogens is 880 g/mol. The Bertz CT molecular complexity index is 1550. The smallest absolute Gasteiger partial charge is 0.462 e. The average molecular weight is 971 g/mol. The van der Waals surface area contributed by atoms with Crippen molar-refractivity contribution in [3.8, 4) is 0 Å². The summed E-state index contributed by atoms with van der Waals surface area (Å²) in [5, 5.41) is 9.76. The van der Waals surface area contributed by atoms with Gasteiger partial charge in [-0.2, -0.15) is 0 Å². The van der Waals surface area contributed by atoms with Crippen LogP contribution in [0.2, 0.25) is 0 Å². The van der Waals surface area contributed by atoms with E-state index in [1.807, 2.05) is 12.2 Å². The Balaban J connectivity index is 4.91. The van der Waals surface area contributed by atoms with Crippen LogP contribution in [0, 0.1) is 0 Å². The monoisotopic (exact) mass is 971 g/mol. The summed E-state index contributed by atoms with van der Waals surface area (Å²) in [4.78, 5) is 48.3. The number of aliphatic hydroxyl groups is 1. The Morgan fingerprint density at radius 2 is 0.779 bits per heavy atom. The number of unbranched alkanes of at least 4 members (excludes halogenated alkanes) is 11. The molecule has 68 heavy (non-hydrogen) atoms. The Kier molecular flexibility index (Phi) is 46.7. The Morgan fingerprint density at radius 3 is 1.26 bits per heavy atom. The molecule has 0 aliphatic heterocycles. The minimum absolute atomic E-state index is 0.0768. The van der Waals surface area contributed by atoms with E-state index in [4.69, 9.17) is 23.3 Å². The van der Waals surface area contributed by atoms with E-state index in [2.05, 4.69) is 118 Å². The van der Waals surface area contributed by atoms with Gasteiger partial charge in [-0.15, -0.1) is 0 Å². The van der Waals surface area contributed by atoms with Gasteiger partial charge in [0.2, 0.25) is 0 Å². The maximum Gasteiger partial charge on any atom is 0.472 e. The first-order chi connectivity index (χ1) is 33.2. The summed E-state index contributed by atoms with van der Waals surface area (Å²) in [6.07, 6.45) is 57.9. The molecule has 12 heteroatoms. The maximum absolute atomic E-state index is 12.8. The van der Waals surface area contributed by atoms with Crippen molar-refractivity contribution >= 4 is 25.7 Å². The van der Waals surface area contributed by atoms with E-state index >= 15 is 0 Å². The lowest BCUT2D eigenvalue weighted by molar-refractivity contribution is -0.161. The molecule has 11 nitrogen and oxygen atoms in total. The number of hydrogen-bond acceptors (Lipinski definition) is 10. The molecule has 0 amide bonds. The molecule has 0 radical (unpaired) electrons. The topological polar surface area (TPSA) is 155 Å². The quantitative estimate of drug-likeness (QED) is 0.0197. The summed E-state index contributed by atoms with van der Waals surface area (Å²) < 4.78 is 39.2. The highest BCUT2D eigenvalue weighted by molar-refractivity contribution is 7.47. The van der Waals surface area contributed by atoms with E-state index < -0.39 is 57.8 Å². The molecule has 0 saturated heterocycles. The van der Waals surface area contributed by atoms with Gasteiger partial charge in [0.05, 0.1) is 19.8 Å². The number of hydrogen-bond donors (Lipinski definition) is 2. The lowest BCUT2D eigenvalue weighted by Crippen LogP contribution is -2.30. The average Bonchev–Trinajstić information content (AvgIpc) is 3.32. The first-order valence-electron chi connectivity index (χ1n) is 25.8. The number of phosphoric acid groups is 1. The molecule has 0 rings (SSSR count). The Hall–Kier alpha value is -3.86. The molecule has 0 heterocycles. The highest BCUT2D eigenvalue weighted by atomic mass is 31.2. The molecule has 0 aromatic carbocycles. The van der Waals surface area contributed by atoms with Gasteiger partial charge >= 0.3 is 25.7 Å². The van der Waals surface area contributed by atoms with Crippen LogP contribution in [0.1, 0.15) is 188 Å². The largest absolute Gasteiger partial charge is 0.472 e. The number of esters is 3. The number of ether oxygens (including phenoxy) is 3. The lowest BCUT2D eigenvalue weighted by atomic mass is 10.1. The molecule has 0 aliphatic carbocycles. The van der Waals surface area contributed by atoms with Crippen molar-refractivity contribution < 1.29 is 52.2 Å². The second-order valence-corrected chi connectivity index (χ2v) is 18.0. The van der Waals surface area contributed by atoms with Crippen LogP contribution in [0.3, 0.4) is 0 Å². The Labute approximate surface area is 412 Å². The van der Waals surface area contributed by atoms with Crippen LogP contribution in [0.15, 0.2) is 109 Å². The van der Waals surface area contributed by atoms with E-state index in [1.165, 1.54) is 12.8 Å². The van der Waals surface area contributed by atoms with Crippen LogP contribution in [0.4, 0.5) is 0 Å². The molecule has 3 atom stereocenters. The van der Waals surface area contributed by atoms with E-state index in [-0.39, 0.29) is 25.9 Å². The van der Waals surface area contributed by atoms with E-state index in [9.17, 15) is 28.9 Å². The number of allylic oxidation sites excluding steroid dienone is 18. The summed E-state index contributed by atoms with van der Waals surface area (Å²) >= 11 is 0. The van der Waals surface area contributed by atoms with Crippen molar-refractivity contribution in [2.75, 3.05) is 26.4 Å². The SMILES string of the molecule is CC/C=C\C/C=C\C/C=C\C/C=C\C/C=C\CCCC(=O)OC(COC(=O)CCCCC/C=C\C/C=C\C/C=C\CC)COP(=O)(O)OCC(CO)OC(=O)CCCCCCC/C=C\CCCC. The summed E-state index contributed by atoms with van der Waals surface area (Å²) in [6.45, 7) is 4.23. The molecule has 0 fully saturated rings. The van der Waals surface area contributed by atoms with Gasteiger partial charge in [-0.05, 0) is 109 Å². The van der Waals surface area contributed by atoms with Crippen LogP contribution in [-0.4, -0.2) is 66.5 Å².